The first-order chi connectivity index (χ1) is 11.7. The number of hydrogen-bond donors (Lipinski definition) is 3. The summed E-state index contributed by atoms with van der Waals surface area (Å²) in [6.45, 7) is 1.54. The molecule has 1 amide bonds. The number of carbonyl (C=O) groups excluding carboxylic acids is 1. The van der Waals surface area contributed by atoms with Gasteiger partial charge in [-0.2, -0.15) is 0 Å². The predicted octanol–water partition coefficient (Wildman–Crippen LogP) is 1.38. The van der Waals surface area contributed by atoms with Crippen LogP contribution < -0.4 is 15.4 Å². The van der Waals surface area contributed by atoms with Crippen molar-refractivity contribution < 1.29 is 19.0 Å². The fourth-order valence-corrected chi connectivity index (χ4v) is 2.28. The van der Waals surface area contributed by atoms with Crippen molar-refractivity contribution in [1.82, 2.24) is 15.6 Å². The van der Waals surface area contributed by atoms with Crippen LogP contribution in [0.4, 0.5) is 4.39 Å². The first kappa shape index (κ1) is 19.1. The van der Waals surface area contributed by atoms with E-state index in [1.54, 1.807) is 24.4 Å². The van der Waals surface area contributed by atoms with Crippen LogP contribution in [0, 0.1) is 5.82 Å². The van der Waals surface area contributed by atoms with E-state index >= 15 is 0 Å². The normalized spacial score (nSPS) is 13.5. The summed E-state index contributed by atoms with van der Waals surface area (Å²) in [7, 11) is 0. The molecule has 8 heteroatoms. The molecule has 1 aromatic carbocycles. The Balaban J connectivity index is 0.00000225. The fraction of sp³-hybridized carbons (Fsp3) is 0.294. The fourth-order valence-electron chi connectivity index (χ4n) is 2.28. The van der Waals surface area contributed by atoms with Crippen LogP contribution in [0.1, 0.15) is 10.4 Å². The molecule has 0 spiro atoms. The maximum Gasteiger partial charge on any atom is 0.254 e. The van der Waals surface area contributed by atoms with E-state index < -0.39 is 11.7 Å². The number of rotatable bonds is 6. The molecule has 1 aliphatic heterocycles. The number of pyridine rings is 1. The monoisotopic (exact) mass is 367 g/mol. The highest BCUT2D eigenvalue weighted by molar-refractivity contribution is 5.94. The average molecular weight is 368 g/mol. The number of hydrogen-bond acceptors (Lipinski definition) is 5. The van der Waals surface area contributed by atoms with Gasteiger partial charge in [-0.25, -0.2) is 4.39 Å². The minimum Gasteiger partial charge on any atom is -0.486 e. The van der Waals surface area contributed by atoms with Gasteiger partial charge in [0.05, 0.1) is 24.1 Å². The van der Waals surface area contributed by atoms with Crippen LogP contribution >= 0.6 is 12.4 Å². The highest BCUT2D eigenvalue weighted by Gasteiger charge is 2.18. The van der Waals surface area contributed by atoms with Gasteiger partial charge in [0.25, 0.3) is 5.91 Å². The lowest BCUT2D eigenvalue weighted by molar-refractivity contribution is 0.0940. The second-order valence-corrected chi connectivity index (χ2v) is 5.45. The van der Waals surface area contributed by atoms with Gasteiger partial charge in [0.15, 0.2) is 0 Å². The Hall–Kier alpha value is -2.22. The smallest absolute Gasteiger partial charge is 0.254 e. The van der Waals surface area contributed by atoms with Crippen molar-refractivity contribution in [3.05, 3.63) is 47.9 Å². The second kappa shape index (κ2) is 8.75. The zero-order valence-electron chi connectivity index (χ0n) is 13.4. The molecule has 0 radical (unpaired) electrons. The van der Waals surface area contributed by atoms with Crippen LogP contribution in [-0.2, 0) is 0 Å². The molecule has 2 aromatic rings. The van der Waals surface area contributed by atoms with E-state index in [9.17, 15) is 9.18 Å². The van der Waals surface area contributed by atoms with Gasteiger partial charge in [-0.1, -0.05) is 6.07 Å². The molecular formula is C17H19ClFN3O3. The number of amides is 1. The largest absolute Gasteiger partial charge is 0.486 e. The van der Waals surface area contributed by atoms with Crippen molar-refractivity contribution >= 4 is 18.3 Å². The van der Waals surface area contributed by atoms with Gasteiger partial charge < -0.3 is 20.5 Å². The molecule has 3 rings (SSSR count). The van der Waals surface area contributed by atoms with Gasteiger partial charge in [0.1, 0.15) is 17.7 Å². The summed E-state index contributed by atoms with van der Waals surface area (Å²) in [5, 5.41) is 14.2. The third kappa shape index (κ3) is 4.66. The van der Waals surface area contributed by atoms with Crippen molar-refractivity contribution in [2.75, 3.05) is 26.2 Å². The first-order valence-electron chi connectivity index (χ1n) is 7.70. The molecule has 2 heterocycles. The zero-order valence-corrected chi connectivity index (χ0v) is 14.2. The van der Waals surface area contributed by atoms with Gasteiger partial charge in [0.2, 0.25) is 0 Å². The highest BCUT2D eigenvalue weighted by atomic mass is 35.5. The number of nitrogens with one attached hydrogen (secondary N) is 2. The molecule has 25 heavy (non-hydrogen) atoms. The second-order valence-electron chi connectivity index (χ2n) is 5.45. The molecule has 1 saturated heterocycles. The van der Waals surface area contributed by atoms with E-state index in [1.807, 2.05) is 0 Å². The van der Waals surface area contributed by atoms with Crippen LogP contribution in [0.2, 0.25) is 0 Å². The van der Waals surface area contributed by atoms with Gasteiger partial charge in [0, 0.05) is 25.2 Å². The van der Waals surface area contributed by atoms with Gasteiger partial charge in [-0.05, 0) is 24.3 Å². The minimum atomic E-state index is -0.634. The number of aliphatic hydroxyl groups excluding tert-OH is 1. The quantitative estimate of drug-likeness (QED) is 0.718. The van der Waals surface area contributed by atoms with Crippen LogP contribution in [0.3, 0.4) is 0 Å². The zero-order chi connectivity index (χ0) is 16.9. The molecule has 1 aromatic heterocycles. The lowest BCUT2D eigenvalue weighted by atomic mass is 10.1. The van der Waals surface area contributed by atoms with E-state index in [1.165, 1.54) is 12.1 Å². The summed E-state index contributed by atoms with van der Waals surface area (Å²) in [6, 6.07) is 7.86. The molecule has 0 bridgehead atoms. The van der Waals surface area contributed by atoms with E-state index in [0.717, 1.165) is 13.1 Å². The molecule has 6 nitrogen and oxygen atoms in total. The topological polar surface area (TPSA) is 83.5 Å². The number of aromatic nitrogens is 1. The number of benzene rings is 1. The Morgan fingerprint density at radius 1 is 1.36 bits per heavy atom. The van der Waals surface area contributed by atoms with E-state index in [4.69, 9.17) is 9.84 Å². The summed E-state index contributed by atoms with van der Waals surface area (Å²) in [4.78, 5) is 16.0. The molecule has 1 fully saturated rings. The highest BCUT2D eigenvalue weighted by Crippen LogP contribution is 2.22. The Labute approximate surface area is 150 Å². The molecule has 0 unspecified atom stereocenters. The van der Waals surface area contributed by atoms with Crippen LogP contribution in [0.15, 0.2) is 36.5 Å². The summed E-state index contributed by atoms with van der Waals surface area (Å²) in [5.41, 5.74) is 1.10. The van der Waals surface area contributed by atoms with Crippen molar-refractivity contribution in [2.45, 2.75) is 6.10 Å². The molecular weight excluding hydrogens is 349 g/mol. The van der Waals surface area contributed by atoms with Gasteiger partial charge in [-0.3, -0.25) is 9.78 Å². The van der Waals surface area contributed by atoms with Gasteiger partial charge in [-0.15, -0.1) is 12.4 Å². The molecule has 1 aliphatic rings. The van der Waals surface area contributed by atoms with E-state index in [0.29, 0.717) is 17.0 Å². The van der Waals surface area contributed by atoms with Crippen LogP contribution in [0.25, 0.3) is 11.3 Å². The summed E-state index contributed by atoms with van der Waals surface area (Å²) in [6.07, 6.45) is 1.78. The number of ether oxygens (including phenoxy) is 1. The lowest BCUT2D eigenvalue weighted by Gasteiger charge is -2.27. The van der Waals surface area contributed by atoms with Gasteiger partial charge >= 0.3 is 0 Å². The summed E-state index contributed by atoms with van der Waals surface area (Å²) < 4.78 is 19.8. The average Bonchev–Trinajstić information content (AvgIpc) is 2.56. The minimum absolute atomic E-state index is 0. The standard InChI is InChI=1S/C17H18FN3O3.ClH/c18-15-7-11(1-3-14(15)17(23)20-5-6-22)16-4-2-12(10-21-16)24-13-8-19-9-13;/h1-4,7,10,13,19,22H,5-6,8-9H2,(H,20,23);1H. The molecule has 0 atom stereocenters. The predicted molar refractivity (Wildman–Crippen MR) is 93.6 cm³/mol. The number of halogens is 2. The number of carbonyl (C=O) groups is 1. The van der Waals surface area contributed by atoms with Crippen molar-refractivity contribution in [2.24, 2.45) is 0 Å². The van der Waals surface area contributed by atoms with Crippen molar-refractivity contribution in [3.63, 3.8) is 0 Å². The van der Waals surface area contributed by atoms with Crippen molar-refractivity contribution in [1.29, 1.82) is 0 Å². The van der Waals surface area contributed by atoms with Crippen LogP contribution in [-0.4, -0.2) is 48.3 Å². The summed E-state index contributed by atoms with van der Waals surface area (Å²) in [5.74, 6) is -0.518. The number of aliphatic hydroxyl groups is 1. The lowest BCUT2D eigenvalue weighted by Crippen LogP contribution is -2.50. The maximum absolute atomic E-state index is 14.1. The molecule has 0 aliphatic carbocycles. The molecule has 3 N–H and O–H groups in total. The Morgan fingerprint density at radius 2 is 2.16 bits per heavy atom. The van der Waals surface area contributed by atoms with Crippen molar-refractivity contribution in [3.8, 4) is 17.0 Å². The number of nitrogens with zero attached hydrogens (tertiary/aromatic N) is 1. The Morgan fingerprint density at radius 3 is 2.72 bits per heavy atom. The third-order valence-electron chi connectivity index (χ3n) is 3.69. The third-order valence-corrected chi connectivity index (χ3v) is 3.69. The molecule has 0 saturated carbocycles. The summed E-state index contributed by atoms with van der Waals surface area (Å²) >= 11 is 0. The Kier molecular flexibility index (Phi) is 6.69. The maximum atomic E-state index is 14.1. The van der Waals surface area contributed by atoms with E-state index in [-0.39, 0.29) is 37.2 Å². The SMILES string of the molecule is Cl.O=C(NCCO)c1ccc(-c2ccc(OC3CNC3)cn2)cc1F. The van der Waals surface area contributed by atoms with E-state index in [2.05, 4.69) is 15.6 Å². The first-order valence-corrected chi connectivity index (χ1v) is 7.70. The Bertz CT molecular complexity index is 724. The van der Waals surface area contributed by atoms with Crippen LogP contribution in [0.5, 0.6) is 5.75 Å². The molecule has 134 valence electrons.